The van der Waals surface area contributed by atoms with Crippen LogP contribution in [0.25, 0.3) is 0 Å². The summed E-state index contributed by atoms with van der Waals surface area (Å²) in [6.07, 6.45) is 3.98. The summed E-state index contributed by atoms with van der Waals surface area (Å²) in [4.78, 5) is 21.0. The fraction of sp³-hybridized carbons (Fsp3) is 0.429. The van der Waals surface area contributed by atoms with E-state index in [0.717, 1.165) is 37.6 Å². The maximum absolute atomic E-state index is 12.6. The van der Waals surface area contributed by atoms with Gasteiger partial charge in [-0.25, -0.2) is 4.98 Å². The van der Waals surface area contributed by atoms with E-state index in [1.165, 1.54) is 6.42 Å². The number of ether oxygens (including phenoxy) is 1. The van der Waals surface area contributed by atoms with Gasteiger partial charge in [0.1, 0.15) is 18.2 Å². The van der Waals surface area contributed by atoms with E-state index in [1.54, 1.807) is 6.20 Å². The van der Waals surface area contributed by atoms with Crippen molar-refractivity contribution in [3.8, 4) is 5.75 Å². The van der Waals surface area contributed by atoms with Gasteiger partial charge in [-0.15, -0.1) is 0 Å². The first kappa shape index (κ1) is 18.2. The molecule has 1 aliphatic rings. The number of pyridine rings is 1. The average Bonchev–Trinajstić information content (AvgIpc) is 2.68. The van der Waals surface area contributed by atoms with Crippen LogP contribution < -0.4 is 9.64 Å². The molecule has 0 bridgehead atoms. The molecule has 0 radical (unpaired) electrons. The third kappa shape index (κ3) is 4.75. The number of anilines is 1. The van der Waals surface area contributed by atoms with Crippen LogP contribution in [0.1, 0.15) is 30.1 Å². The van der Waals surface area contributed by atoms with E-state index in [9.17, 15) is 4.79 Å². The lowest BCUT2D eigenvalue weighted by molar-refractivity contribution is 0.0682. The number of aromatic nitrogens is 1. The van der Waals surface area contributed by atoms with Crippen LogP contribution >= 0.6 is 0 Å². The number of carbonyl (C=O) groups is 1. The van der Waals surface area contributed by atoms with Crippen LogP contribution in [0.15, 0.2) is 48.7 Å². The van der Waals surface area contributed by atoms with Crippen molar-refractivity contribution in [2.45, 2.75) is 19.8 Å². The number of likely N-dealkylation sites (tertiary alicyclic amines) is 1. The predicted molar refractivity (Wildman–Crippen MR) is 104 cm³/mol. The molecule has 1 aromatic heterocycles. The minimum Gasteiger partial charge on any atom is -0.492 e. The maximum atomic E-state index is 12.6. The smallest absolute Gasteiger partial charge is 0.255 e. The number of hydrogen-bond donors (Lipinski definition) is 0. The lowest BCUT2D eigenvalue weighted by Gasteiger charge is -2.31. The van der Waals surface area contributed by atoms with Gasteiger partial charge in [-0.2, -0.15) is 0 Å². The molecule has 5 heteroatoms. The van der Waals surface area contributed by atoms with Crippen LogP contribution in [0.2, 0.25) is 0 Å². The van der Waals surface area contributed by atoms with Crippen molar-refractivity contribution >= 4 is 11.7 Å². The van der Waals surface area contributed by atoms with Crippen molar-refractivity contribution < 1.29 is 9.53 Å². The number of hydrogen-bond acceptors (Lipinski definition) is 4. The number of carbonyl (C=O) groups excluding carboxylic acids is 1. The third-order valence-corrected chi connectivity index (χ3v) is 4.77. The molecule has 1 amide bonds. The summed E-state index contributed by atoms with van der Waals surface area (Å²) in [5, 5.41) is 0. The van der Waals surface area contributed by atoms with E-state index < -0.39 is 0 Å². The summed E-state index contributed by atoms with van der Waals surface area (Å²) >= 11 is 0. The molecule has 0 spiro atoms. The molecule has 1 fully saturated rings. The molecule has 3 rings (SSSR count). The van der Waals surface area contributed by atoms with Gasteiger partial charge in [-0.05, 0) is 43.0 Å². The average molecular weight is 353 g/mol. The van der Waals surface area contributed by atoms with Crippen molar-refractivity contribution in [2.75, 3.05) is 38.2 Å². The van der Waals surface area contributed by atoms with Crippen LogP contribution in [-0.2, 0) is 0 Å². The van der Waals surface area contributed by atoms with Gasteiger partial charge < -0.3 is 14.5 Å². The molecular weight excluding hydrogens is 326 g/mol. The number of nitrogens with zero attached hydrogens (tertiary/aromatic N) is 3. The molecule has 0 aliphatic carbocycles. The Kier molecular flexibility index (Phi) is 6.10. The molecule has 0 unspecified atom stereocenters. The molecule has 2 aromatic rings. The molecule has 5 nitrogen and oxygen atoms in total. The molecular formula is C21H27N3O2. The normalized spacial score (nSPS) is 17.0. The molecule has 2 heterocycles. The maximum Gasteiger partial charge on any atom is 0.255 e. The standard InChI is InChI=1S/C21H27N3O2/c1-17-7-6-12-24(16-17)21(25)18-10-11-20(22-15-18)23(2)13-14-26-19-8-4-3-5-9-19/h3-5,8-11,15,17H,6-7,12-14,16H2,1-2H3/t17-/m0/s1. The number of likely N-dealkylation sites (N-methyl/N-ethyl adjacent to an activating group) is 1. The largest absolute Gasteiger partial charge is 0.492 e. The first-order chi connectivity index (χ1) is 12.6. The number of amides is 1. The second kappa shape index (κ2) is 8.70. The highest BCUT2D eigenvalue weighted by Crippen LogP contribution is 2.18. The number of benzene rings is 1. The highest BCUT2D eigenvalue weighted by molar-refractivity contribution is 5.94. The van der Waals surface area contributed by atoms with Crippen LogP contribution in [0, 0.1) is 5.92 Å². The van der Waals surface area contributed by atoms with Crippen LogP contribution in [-0.4, -0.2) is 49.1 Å². The van der Waals surface area contributed by atoms with Gasteiger partial charge in [-0.3, -0.25) is 4.79 Å². The summed E-state index contributed by atoms with van der Waals surface area (Å²) in [5.74, 6) is 2.37. The lowest BCUT2D eigenvalue weighted by Crippen LogP contribution is -2.39. The van der Waals surface area contributed by atoms with Crippen molar-refractivity contribution in [1.82, 2.24) is 9.88 Å². The summed E-state index contributed by atoms with van der Waals surface area (Å²) in [6, 6.07) is 13.6. The zero-order chi connectivity index (χ0) is 18.4. The molecule has 1 aromatic carbocycles. The van der Waals surface area contributed by atoms with Gasteiger partial charge in [0, 0.05) is 26.3 Å². The Labute approximate surface area is 155 Å². The van der Waals surface area contributed by atoms with Gasteiger partial charge >= 0.3 is 0 Å². The first-order valence-corrected chi connectivity index (χ1v) is 9.28. The SMILES string of the molecule is C[C@H]1CCCN(C(=O)c2ccc(N(C)CCOc3ccccc3)nc2)C1. The number of para-hydroxylation sites is 1. The van der Waals surface area contributed by atoms with E-state index in [1.807, 2.05) is 59.3 Å². The molecule has 0 N–H and O–H groups in total. The summed E-state index contributed by atoms with van der Waals surface area (Å²) in [7, 11) is 1.98. The predicted octanol–water partition coefficient (Wildman–Crippen LogP) is 3.47. The second-order valence-electron chi connectivity index (χ2n) is 6.99. The van der Waals surface area contributed by atoms with Crippen LogP contribution in [0.5, 0.6) is 5.75 Å². The Bertz CT molecular complexity index is 703. The first-order valence-electron chi connectivity index (χ1n) is 9.28. The number of rotatable bonds is 6. The summed E-state index contributed by atoms with van der Waals surface area (Å²) in [6.45, 7) is 5.19. The highest BCUT2D eigenvalue weighted by atomic mass is 16.5. The van der Waals surface area contributed by atoms with Gasteiger partial charge in [-0.1, -0.05) is 25.1 Å². The lowest BCUT2D eigenvalue weighted by atomic mass is 10.00. The zero-order valence-corrected chi connectivity index (χ0v) is 15.6. The van der Waals surface area contributed by atoms with E-state index in [0.29, 0.717) is 18.1 Å². The van der Waals surface area contributed by atoms with Crippen LogP contribution in [0.3, 0.4) is 0 Å². The molecule has 26 heavy (non-hydrogen) atoms. The molecule has 1 aliphatic heterocycles. The Morgan fingerprint density at radius 3 is 2.77 bits per heavy atom. The minimum atomic E-state index is 0.0886. The third-order valence-electron chi connectivity index (χ3n) is 4.77. The Balaban J connectivity index is 1.52. The second-order valence-corrected chi connectivity index (χ2v) is 6.99. The highest BCUT2D eigenvalue weighted by Gasteiger charge is 2.22. The van der Waals surface area contributed by atoms with Gasteiger partial charge in [0.15, 0.2) is 0 Å². The van der Waals surface area contributed by atoms with Crippen LogP contribution in [0.4, 0.5) is 5.82 Å². The Morgan fingerprint density at radius 1 is 1.27 bits per heavy atom. The summed E-state index contributed by atoms with van der Waals surface area (Å²) < 4.78 is 5.72. The van der Waals surface area contributed by atoms with E-state index in [-0.39, 0.29) is 5.91 Å². The van der Waals surface area contributed by atoms with Crippen molar-refractivity contribution in [2.24, 2.45) is 5.92 Å². The van der Waals surface area contributed by atoms with E-state index in [4.69, 9.17) is 4.74 Å². The minimum absolute atomic E-state index is 0.0886. The molecule has 0 saturated carbocycles. The van der Waals surface area contributed by atoms with E-state index in [2.05, 4.69) is 11.9 Å². The molecule has 138 valence electrons. The Morgan fingerprint density at radius 2 is 2.08 bits per heavy atom. The topological polar surface area (TPSA) is 45.7 Å². The fourth-order valence-electron chi connectivity index (χ4n) is 3.23. The van der Waals surface area contributed by atoms with Gasteiger partial charge in [0.05, 0.1) is 12.1 Å². The van der Waals surface area contributed by atoms with E-state index >= 15 is 0 Å². The monoisotopic (exact) mass is 353 g/mol. The van der Waals surface area contributed by atoms with Gasteiger partial charge in [0.2, 0.25) is 0 Å². The van der Waals surface area contributed by atoms with Crippen molar-refractivity contribution in [1.29, 1.82) is 0 Å². The Hall–Kier alpha value is -2.56. The number of piperidine rings is 1. The quantitative estimate of drug-likeness (QED) is 0.798. The fourth-order valence-corrected chi connectivity index (χ4v) is 3.23. The molecule has 1 atom stereocenters. The van der Waals surface area contributed by atoms with Crippen molar-refractivity contribution in [3.05, 3.63) is 54.2 Å². The summed E-state index contributed by atoms with van der Waals surface area (Å²) in [5.41, 5.74) is 0.664. The van der Waals surface area contributed by atoms with Gasteiger partial charge in [0.25, 0.3) is 5.91 Å². The zero-order valence-electron chi connectivity index (χ0n) is 15.6. The molecule has 1 saturated heterocycles. The van der Waals surface area contributed by atoms with Crippen molar-refractivity contribution in [3.63, 3.8) is 0 Å².